The van der Waals surface area contributed by atoms with E-state index in [2.05, 4.69) is 11.0 Å². The first-order chi connectivity index (χ1) is 15.1. The summed E-state index contributed by atoms with van der Waals surface area (Å²) in [5, 5.41) is 0. The standard InChI is InChI=1S/C25H28N2O4/c1-19-6-5-7-20(14-19)17-31-25-18-30-21(15-23(25)28)16-26-10-12-27(13-11-26)22-8-3-4-9-24(22)29-2/h3-9,14-15,18H,10-13,16-17H2,1-2H3/p+1. The number of ether oxygens (including phenoxy) is 2. The van der Waals surface area contributed by atoms with Gasteiger partial charge in [-0.05, 0) is 24.6 Å². The zero-order chi connectivity index (χ0) is 21.6. The number of nitrogens with one attached hydrogen (secondary N) is 1. The summed E-state index contributed by atoms with van der Waals surface area (Å²) < 4.78 is 16.9. The molecule has 0 radical (unpaired) electrons. The SMILES string of the molecule is COc1ccccc1N1CC[NH+](Cc2cc(=O)c(OCc3cccc(C)c3)co2)CC1. The number of aryl methyl sites for hydroxylation is 1. The molecule has 4 rings (SSSR count). The van der Waals surface area contributed by atoms with Crippen LogP contribution in [0.4, 0.5) is 5.69 Å². The number of nitrogens with zero attached hydrogens (tertiary/aromatic N) is 1. The van der Waals surface area contributed by atoms with Crippen LogP contribution in [0.3, 0.4) is 0 Å². The van der Waals surface area contributed by atoms with Crippen LogP contribution in [0.1, 0.15) is 16.9 Å². The summed E-state index contributed by atoms with van der Waals surface area (Å²) >= 11 is 0. The molecule has 1 saturated heterocycles. The molecule has 0 saturated carbocycles. The predicted octanol–water partition coefficient (Wildman–Crippen LogP) is 2.44. The van der Waals surface area contributed by atoms with Gasteiger partial charge in [0.15, 0.2) is 5.76 Å². The van der Waals surface area contributed by atoms with Gasteiger partial charge in [-0.3, -0.25) is 4.79 Å². The molecule has 6 nitrogen and oxygen atoms in total. The van der Waals surface area contributed by atoms with Crippen LogP contribution >= 0.6 is 0 Å². The van der Waals surface area contributed by atoms with Crippen LogP contribution in [0.15, 0.2) is 70.1 Å². The highest BCUT2D eigenvalue weighted by molar-refractivity contribution is 5.58. The van der Waals surface area contributed by atoms with Crippen molar-refractivity contribution in [1.29, 1.82) is 0 Å². The van der Waals surface area contributed by atoms with E-state index in [1.807, 2.05) is 49.4 Å². The van der Waals surface area contributed by atoms with Crippen molar-refractivity contribution in [3.05, 3.63) is 88.0 Å². The highest BCUT2D eigenvalue weighted by Gasteiger charge is 2.23. The Kier molecular flexibility index (Phi) is 6.57. The summed E-state index contributed by atoms with van der Waals surface area (Å²) in [4.78, 5) is 16.2. The topological polar surface area (TPSA) is 56.4 Å². The maximum Gasteiger partial charge on any atom is 0.227 e. The van der Waals surface area contributed by atoms with E-state index in [1.54, 1.807) is 13.2 Å². The molecule has 1 fully saturated rings. The second kappa shape index (κ2) is 9.71. The number of hydrogen-bond acceptors (Lipinski definition) is 5. The van der Waals surface area contributed by atoms with Gasteiger partial charge in [-0.25, -0.2) is 0 Å². The van der Waals surface area contributed by atoms with Crippen molar-refractivity contribution in [2.24, 2.45) is 0 Å². The monoisotopic (exact) mass is 421 g/mol. The Bertz CT molecular complexity index is 1070. The lowest BCUT2D eigenvalue weighted by Crippen LogP contribution is -3.13. The third-order valence-electron chi connectivity index (χ3n) is 5.65. The van der Waals surface area contributed by atoms with Crippen molar-refractivity contribution in [3.63, 3.8) is 0 Å². The molecule has 2 aromatic carbocycles. The van der Waals surface area contributed by atoms with Crippen LogP contribution in [-0.2, 0) is 13.2 Å². The molecule has 0 aliphatic carbocycles. The van der Waals surface area contributed by atoms with Crippen molar-refractivity contribution in [2.45, 2.75) is 20.1 Å². The number of methoxy groups -OCH3 is 1. The summed E-state index contributed by atoms with van der Waals surface area (Å²) in [5.74, 6) is 1.84. The summed E-state index contributed by atoms with van der Waals surface area (Å²) in [6.45, 7) is 6.86. The molecule has 0 amide bonds. The third-order valence-corrected chi connectivity index (χ3v) is 5.65. The Morgan fingerprint density at radius 2 is 1.84 bits per heavy atom. The van der Waals surface area contributed by atoms with E-state index in [0.717, 1.165) is 48.7 Å². The van der Waals surface area contributed by atoms with Gasteiger partial charge in [0.1, 0.15) is 25.2 Å². The first kappa shape index (κ1) is 21.0. The van der Waals surface area contributed by atoms with Crippen LogP contribution in [0, 0.1) is 6.92 Å². The van der Waals surface area contributed by atoms with E-state index in [9.17, 15) is 4.79 Å². The Morgan fingerprint density at radius 1 is 1.03 bits per heavy atom. The number of quaternary nitrogens is 1. The number of anilines is 1. The van der Waals surface area contributed by atoms with Crippen molar-refractivity contribution in [2.75, 3.05) is 38.2 Å². The lowest BCUT2D eigenvalue weighted by molar-refractivity contribution is -0.915. The highest BCUT2D eigenvalue weighted by atomic mass is 16.5. The molecule has 0 spiro atoms. The molecular formula is C25H29N2O4+. The minimum Gasteiger partial charge on any atom is -0.495 e. The van der Waals surface area contributed by atoms with Crippen LogP contribution < -0.4 is 24.7 Å². The zero-order valence-electron chi connectivity index (χ0n) is 18.1. The molecule has 0 atom stereocenters. The van der Waals surface area contributed by atoms with E-state index < -0.39 is 0 Å². The largest absolute Gasteiger partial charge is 0.495 e. The van der Waals surface area contributed by atoms with E-state index >= 15 is 0 Å². The summed E-state index contributed by atoms with van der Waals surface area (Å²) in [6.07, 6.45) is 1.44. The third kappa shape index (κ3) is 5.27. The van der Waals surface area contributed by atoms with Crippen molar-refractivity contribution < 1.29 is 18.8 Å². The van der Waals surface area contributed by atoms with Gasteiger partial charge in [0, 0.05) is 6.07 Å². The normalized spacial score (nSPS) is 14.5. The lowest BCUT2D eigenvalue weighted by atomic mass is 10.1. The second-order valence-electron chi connectivity index (χ2n) is 7.94. The highest BCUT2D eigenvalue weighted by Crippen LogP contribution is 2.27. The number of piperazine rings is 1. The van der Waals surface area contributed by atoms with Crippen molar-refractivity contribution in [1.82, 2.24) is 0 Å². The molecule has 1 aliphatic rings. The predicted molar refractivity (Wildman–Crippen MR) is 120 cm³/mol. The fraction of sp³-hybridized carbons (Fsp3) is 0.320. The van der Waals surface area contributed by atoms with Crippen LogP contribution in [0.2, 0.25) is 0 Å². The van der Waals surface area contributed by atoms with Crippen LogP contribution in [-0.4, -0.2) is 33.3 Å². The number of rotatable bonds is 7. The van der Waals surface area contributed by atoms with Crippen LogP contribution in [0.5, 0.6) is 11.5 Å². The molecule has 6 heteroatoms. The summed E-state index contributed by atoms with van der Waals surface area (Å²) in [6, 6.07) is 17.7. The number of para-hydroxylation sites is 2. The van der Waals surface area contributed by atoms with Crippen molar-refractivity contribution in [3.8, 4) is 11.5 Å². The Labute approximate surface area is 182 Å². The molecule has 31 heavy (non-hydrogen) atoms. The van der Waals surface area contributed by atoms with E-state index in [-0.39, 0.29) is 11.2 Å². The molecule has 162 valence electrons. The fourth-order valence-corrected chi connectivity index (χ4v) is 3.98. The van der Waals surface area contributed by atoms with Gasteiger partial charge in [-0.15, -0.1) is 0 Å². The van der Waals surface area contributed by atoms with E-state index in [1.165, 1.54) is 11.2 Å². The van der Waals surface area contributed by atoms with Gasteiger partial charge in [0.2, 0.25) is 11.2 Å². The lowest BCUT2D eigenvalue weighted by Gasteiger charge is -2.34. The minimum atomic E-state index is -0.138. The van der Waals surface area contributed by atoms with Gasteiger partial charge in [-0.1, -0.05) is 42.0 Å². The average Bonchev–Trinajstić information content (AvgIpc) is 2.79. The first-order valence-corrected chi connectivity index (χ1v) is 10.6. The molecule has 1 aromatic heterocycles. The van der Waals surface area contributed by atoms with Gasteiger partial charge < -0.3 is 23.7 Å². The summed E-state index contributed by atoms with van der Waals surface area (Å²) in [5.41, 5.74) is 3.18. The summed E-state index contributed by atoms with van der Waals surface area (Å²) in [7, 11) is 1.70. The van der Waals surface area contributed by atoms with Gasteiger partial charge >= 0.3 is 0 Å². The van der Waals surface area contributed by atoms with Gasteiger partial charge in [0.05, 0.1) is 39.0 Å². The molecule has 1 N–H and O–H groups in total. The zero-order valence-corrected chi connectivity index (χ0v) is 18.1. The minimum absolute atomic E-state index is 0.138. The fourth-order valence-electron chi connectivity index (χ4n) is 3.98. The van der Waals surface area contributed by atoms with E-state index in [0.29, 0.717) is 18.9 Å². The Balaban J connectivity index is 1.32. The second-order valence-corrected chi connectivity index (χ2v) is 7.94. The smallest absolute Gasteiger partial charge is 0.227 e. The quantitative estimate of drug-likeness (QED) is 0.635. The molecular weight excluding hydrogens is 392 g/mol. The van der Waals surface area contributed by atoms with Crippen LogP contribution in [0.25, 0.3) is 0 Å². The average molecular weight is 422 g/mol. The number of hydrogen-bond donors (Lipinski definition) is 1. The molecule has 0 bridgehead atoms. The Hall–Kier alpha value is -3.25. The molecule has 0 unspecified atom stereocenters. The number of benzene rings is 2. The van der Waals surface area contributed by atoms with E-state index in [4.69, 9.17) is 13.9 Å². The van der Waals surface area contributed by atoms with Gasteiger partial charge in [-0.2, -0.15) is 0 Å². The van der Waals surface area contributed by atoms with Crippen molar-refractivity contribution >= 4 is 5.69 Å². The maximum absolute atomic E-state index is 12.5. The molecule has 3 aromatic rings. The first-order valence-electron chi connectivity index (χ1n) is 10.6. The Morgan fingerprint density at radius 3 is 2.58 bits per heavy atom. The molecule has 2 heterocycles. The maximum atomic E-state index is 12.5. The molecule has 1 aliphatic heterocycles. The van der Waals surface area contributed by atoms with Gasteiger partial charge in [0.25, 0.3) is 0 Å².